The number of rotatable bonds is 65. The highest BCUT2D eigenvalue weighted by atomic mass is 16.7. The van der Waals surface area contributed by atoms with Crippen molar-refractivity contribution in [3.8, 4) is 0 Å². The predicted molar refractivity (Wildman–Crippen MR) is 368 cm³/mol. The number of likely N-dealkylation sites (N-methyl/N-ethyl adjacent to an activating group) is 1. The Balaban J connectivity index is 4.19. The van der Waals surface area contributed by atoms with Crippen LogP contribution in [0.5, 0.6) is 0 Å². The van der Waals surface area contributed by atoms with E-state index in [9.17, 15) is 19.5 Å². The molecule has 2 atom stereocenters. The van der Waals surface area contributed by atoms with E-state index in [-0.39, 0.29) is 32.2 Å². The number of quaternary nitrogens is 1. The molecular formula is C77H134NO8+. The maximum absolute atomic E-state index is 12.9. The van der Waals surface area contributed by atoms with Crippen LogP contribution in [0.3, 0.4) is 0 Å². The van der Waals surface area contributed by atoms with Crippen molar-refractivity contribution in [2.24, 2.45) is 0 Å². The summed E-state index contributed by atoms with van der Waals surface area (Å²) in [4.78, 5) is 37.6. The van der Waals surface area contributed by atoms with E-state index in [2.05, 4.69) is 123 Å². The number of unbranched alkanes of at least 4 members (excludes halogenated alkanes) is 32. The van der Waals surface area contributed by atoms with Crippen LogP contribution in [0.2, 0.25) is 0 Å². The lowest BCUT2D eigenvalue weighted by atomic mass is 10.0. The number of carbonyl (C=O) groups is 3. The zero-order valence-corrected chi connectivity index (χ0v) is 56.4. The summed E-state index contributed by atoms with van der Waals surface area (Å²) in [5.74, 6) is -2.03. The molecule has 0 aromatic carbocycles. The summed E-state index contributed by atoms with van der Waals surface area (Å²) < 4.78 is 23.0. The first-order chi connectivity index (χ1) is 42.1. The molecule has 0 rings (SSSR count). The Morgan fingerprint density at radius 3 is 0.988 bits per heavy atom. The van der Waals surface area contributed by atoms with Crippen molar-refractivity contribution in [2.45, 2.75) is 315 Å². The topological polar surface area (TPSA) is 108 Å². The first kappa shape index (κ1) is 82.0. The summed E-state index contributed by atoms with van der Waals surface area (Å²) >= 11 is 0. The summed E-state index contributed by atoms with van der Waals surface area (Å²) in [6, 6.07) is 0. The van der Waals surface area contributed by atoms with Gasteiger partial charge in [-0.3, -0.25) is 9.59 Å². The fourth-order valence-corrected chi connectivity index (χ4v) is 9.89. The molecule has 0 saturated heterocycles. The van der Waals surface area contributed by atoms with Gasteiger partial charge in [-0.2, -0.15) is 0 Å². The highest BCUT2D eigenvalue weighted by Crippen LogP contribution is 2.18. The molecule has 0 aromatic heterocycles. The average Bonchev–Trinajstić information content (AvgIpc) is 3.64. The monoisotopic (exact) mass is 1200 g/mol. The Kier molecular flexibility index (Phi) is 63.7. The molecule has 0 radical (unpaired) electrons. The zero-order chi connectivity index (χ0) is 62.6. The van der Waals surface area contributed by atoms with Crippen LogP contribution in [0.15, 0.2) is 109 Å². The second kappa shape index (κ2) is 66.9. The molecule has 86 heavy (non-hydrogen) atoms. The summed E-state index contributed by atoms with van der Waals surface area (Å²) in [6.07, 6.45) is 90.6. The molecule has 0 bridgehead atoms. The van der Waals surface area contributed by atoms with E-state index in [1.807, 2.05) is 21.1 Å². The van der Waals surface area contributed by atoms with Gasteiger partial charge in [-0.25, -0.2) is 4.79 Å². The van der Waals surface area contributed by atoms with E-state index < -0.39 is 24.3 Å². The van der Waals surface area contributed by atoms with Crippen molar-refractivity contribution in [2.75, 3.05) is 47.5 Å². The van der Waals surface area contributed by atoms with Crippen LogP contribution in [-0.4, -0.2) is 87.4 Å². The van der Waals surface area contributed by atoms with Crippen LogP contribution in [0.1, 0.15) is 303 Å². The molecule has 0 aromatic rings. The molecule has 0 aliphatic rings. The average molecular weight is 1200 g/mol. The number of nitrogens with zero attached hydrogens (tertiary/aromatic N) is 1. The van der Waals surface area contributed by atoms with E-state index in [1.54, 1.807) is 0 Å². The zero-order valence-electron chi connectivity index (χ0n) is 56.4. The molecule has 0 aliphatic heterocycles. The van der Waals surface area contributed by atoms with Crippen LogP contribution in [0, 0.1) is 0 Å². The van der Waals surface area contributed by atoms with Gasteiger partial charge < -0.3 is 28.5 Å². The first-order valence-electron chi connectivity index (χ1n) is 35.6. The molecule has 0 amide bonds. The van der Waals surface area contributed by atoms with Crippen molar-refractivity contribution >= 4 is 17.9 Å². The molecule has 9 heteroatoms. The molecule has 2 unspecified atom stereocenters. The molecule has 0 aliphatic carbocycles. The number of allylic oxidation sites excluding steroid dienone is 18. The van der Waals surface area contributed by atoms with Crippen LogP contribution in [0.25, 0.3) is 0 Å². The molecule has 0 heterocycles. The van der Waals surface area contributed by atoms with E-state index in [1.165, 1.54) is 161 Å². The predicted octanol–water partition coefficient (Wildman–Crippen LogP) is 22.2. The lowest BCUT2D eigenvalue weighted by Gasteiger charge is -2.25. The molecule has 0 saturated carbocycles. The van der Waals surface area contributed by atoms with Gasteiger partial charge in [-0.05, 0) is 83.5 Å². The lowest BCUT2D eigenvalue weighted by molar-refractivity contribution is -0.870. The number of carboxylic acid groups (broad SMARTS) is 1. The van der Waals surface area contributed by atoms with Gasteiger partial charge in [0.05, 0.1) is 34.4 Å². The minimum absolute atomic E-state index is 0.180. The second-order valence-electron chi connectivity index (χ2n) is 24.8. The van der Waals surface area contributed by atoms with Gasteiger partial charge in [0.1, 0.15) is 13.2 Å². The van der Waals surface area contributed by atoms with Crippen molar-refractivity contribution in [3.05, 3.63) is 109 Å². The Morgan fingerprint density at radius 1 is 0.360 bits per heavy atom. The third-order valence-corrected chi connectivity index (χ3v) is 15.3. The number of esters is 2. The smallest absolute Gasteiger partial charge is 0.361 e. The van der Waals surface area contributed by atoms with Gasteiger partial charge in [0.25, 0.3) is 6.29 Å². The van der Waals surface area contributed by atoms with Crippen LogP contribution < -0.4 is 0 Å². The Labute approximate surface area is 530 Å². The quantitative estimate of drug-likeness (QED) is 0.0211. The van der Waals surface area contributed by atoms with Gasteiger partial charge in [0.2, 0.25) is 0 Å². The number of ether oxygens (including phenoxy) is 4. The number of hydrogen-bond donors (Lipinski definition) is 1. The highest BCUT2D eigenvalue weighted by molar-refractivity contribution is 5.71. The lowest BCUT2D eigenvalue weighted by Crippen LogP contribution is -2.40. The summed E-state index contributed by atoms with van der Waals surface area (Å²) in [5, 5.41) is 9.75. The van der Waals surface area contributed by atoms with Crippen LogP contribution in [-0.2, 0) is 33.3 Å². The van der Waals surface area contributed by atoms with Gasteiger partial charge in [-0.15, -0.1) is 0 Å². The SMILES string of the molecule is CC/C=C\C/C=C\C/C=C\C/C=C\C/C=C\C/C=C\C/C=C\C/C=C\C/C=C\CCCCCCCC(=O)OC(COC(=O)CCCCCCCCCCCCCCCCCCCCCCCCCCCCCC)COC(OCC[N+](C)(C)C)C(=O)O. The Bertz CT molecular complexity index is 1780. The minimum atomic E-state index is -1.52. The van der Waals surface area contributed by atoms with E-state index in [4.69, 9.17) is 18.9 Å². The second-order valence-corrected chi connectivity index (χ2v) is 24.8. The molecule has 494 valence electrons. The largest absolute Gasteiger partial charge is 0.477 e. The fraction of sp³-hybridized carbons (Fsp3) is 0.727. The van der Waals surface area contributed by atoms with E-state index >= 15 is 0 Å². The number of hydrogen-bond acceptors (Lipinski definition) is 7. The molecule has 1 N–H and O–H groups in total. The first-order valence-corrected chi connectivity index (χ1v) is 35.6. The maximum atomic E-state index is 12.9. The Hall–Kier alpha value is -4.05. The molecule has 0 fully saturated rings. The fourth-order valence-electron chi connectivity index (χ4n) is 9.89. The number of carboxylic acids is 1. The Morgan fingerprint density at radius 2 is 0.663 bits per heavy atom. The van der Waals surface area contributed by atoms with Crippen molar-refractivity contribution < 1.29 is 42.9 Å². The highest BCUT2D eigenvalue weighted by Gasteiger charge is 2.25. The van der Waals surface area contributed by atoms with Gasteiger partial charge >= 0.3 is 17.9 Å². The van der Waals surface area contributed by atoms with Gasteiger partial charge in [0.15, 0.2) is 6.10 Å². The third kappa shape index (κ3) is 67.5. The van der Waals surface area contributed by atoms with Crippen molar-refractivity contribution in [3.63, 3.8) is 0 Å². The summed E-state index contributed by atoms with van der Waals surface area (Å²) in [7, 11) is 5.97. The standard InChI is InChI=1S/C77H133NO8/c1-6-8-10-12-14-16-18-20-22-24-26-28-30-32-34-36-37-38-39-40-42-44-46-48-50-52-54-56-58-60-62-64-66-68-75(80)86-73(72-85-77(76(81)82)83-70-69-78(3,4)5)71-84-74(79)67-65-63-61-59-57-55-53-51-49-47-45-43-41-35-33-31-29-27-25-23-21-19-17-15-13-11-9-7-2/h8,10,14,16,20,22,26,28,32,34,37-38,40,42,46,48,52,54,73,77H,6-7,9,11-13,15,17-19,21,23-25,27,29-31,33,35-36,39,41,43-45,47,49-51,53,55-72H2,1-5H3/p+1/b10-8-,16-14-,22-20-,28-26-,34-32-,38-37-,42-40-,48-46-,54-52-. The van der Waals surface area contributed by atoms with E-state index in [0.29, 0.717) is 23.9 Å². The van der Waals surface area contributed by atoms with Gasteiger partial charge in [0, 0.05) is 12.8 Å². The maximum Gasteiger partial charge on any atom is 0.361 e. The normalized spacial score (nSPS) is 13.4. The third-order valence-electron chi connectivity index (χ3n) is 15.3. The minimum Gasteiger partial charge on any atom is -0.477 e. The molecular weight excluding hydrogens is 1070 g/mol. The van der Waals surface area contributed by atoms with Crippen molar-refractivity contribution in [1.82, 2.24) is 0 Å². The molecule has 0 spiro atoms. The molecule has 9 nitrogen and oxygen atoms in total. The van der Waals surface area contributed by atoms with Crippen molar-refractivity contribution in [1.29, 1.82) is 0 Å². The van der Waals surface area contributed by atoms with Crippen LogP contribution >= 0.6 is 0 Å². The van der Waals surface area contributed by atoms with E-state index in [0.717, 1.165) is 109 Å². The van der Waals surface area contributed by atoms with Crippen LogP contribution in [0.4, 0.5) is 0 Å². The summed E-state index contributed by atoms with van der Waals surface area (Å²) in [5.41, 5.74) is 0. The summed E-state index contributed by atoms with van der Waals surface area (Å²) in [6.45, 7) is 4.77. The number of aliphatic carboxylic acids is 1. The number of carbonyl (C=O) groups excluding carboxylic acids is 2. The van der Waals surface area contributed by atoms with Gasteiger partial charge in [-0.1, -0.05) is 316 Å².